The molecular formula is C17H19F3N4O. The van der Waals surface area contributed by atoms with Crippen molar-refractivity contribution in [2.75, 3.05) is 19.6 Å². The van der Waals surface area contributed by atoms with Gasteiger partial charge in [0.25, 0.3) is 5.91 Å². The Morgan fingerprint density at radius 3 is 2.88 bits per heavy atom. The van der Waals surface area contributed by atoms with Gasteiger partial charge in [0.05, 0.1) is 5.69 Å². The van der Waals surface area contributed by atoms with Crippen molar-refractivity contribution in [3.63, 3.8) is 0 Å². The van der Waals surface area contributed by atoms with Gasteiger partial charge in [-0.25, -0.2) is 4.68 Å². The van der Waals surface area contributed by atoms with E-state index < -0.39 is 11.9 Å². The van der Waals surface area contributed by atoms with E-state index >= 15 is 0 Å². The predicted octanol–water partition coefficient (Wildman–Crippen LogP) is 2.62. The van der Waals surface area contributed by atoms with E-state index in [2.05, 4.69) is 15.7 Å². The Balaban J connectivity index is 1.64. The van der Waals surface area contributed by atoms with E-state index in [0.29, 0.717) is 23.7 Å². The number of benzene rings is 1. The molecule has 2 heterocycles. The van der Waals surface area contributed by atoms with Crippen LogP contribution in [-0.2, 0) is 6.18 Å². The quantitative estimate of drug-likeness (QED) is 0.870. The predicted molar refractivity (Wildman–Crippen MR) is 86.5 cm³/mol. The summed E-state index contributed by atoms with van der Waals surface area (Å²) in [5.41, 5.74) is -0.165. The summed E-state index contributed by atoms with van der Waals surface area (Å²) in [5, 5.41) is 9.66. The van der Waals surface area contributed by atoms with Gasteiger partial charge in [0.2, 0.25) is 0 Å². The van der Waals surface area contributed by atoms with Gasteiger partial charge in [-0.1, -0.05) is 6.07 Å². The monoisotopic (exact) mass is 352 g/mol. The molecule has 1 amide bonds. The highest BCUT2D eigenvalue weighted by Crippen LogP contribution is 2.27. The van der Waals surface area contributed by atoms with Crippen molar-refractivity contribution < 1.29 is 18.0 Å². The van der Waals surface area contributed by atoms with Crippen molar-refractivity contribution in [1.82, 2.24) is 20.4 Å². The lowest BCUT2D eigenvalue weighted by Gasteiger charge is -2.10. The van der Waals surface area contributed by atoms with E-state index in [1.165, 1.54) is 12.3 Å². The largest absolute Gasteiger partial charge is 0.435 e. The maximum Gasteiger partial charge on any atom is 0.435 e. The summed E-state index contributed by atoms with van der Waals surface area (Å²) in [6.45, 7) is 2.58. The molecule has 2 aromatic rings. The maximum absolute atomic E-state index is 12.6. The zero-order valence-corrected chi connectivity index (χ0v) is 13.5. The van der Waals surface area contributed by atoms with E-state index in [-0.39, 0.29) is 5.91 Å². The Bertz CT molecular complexity index is 735. The first-order valence-electron chi connectivity index (χ1n) is 8.16. The average molecular weight is 352 g/mol. The van der Waals surface area contributed by atoms with Gasteiger partial charge in [0, 0.05) is 18.3 Å². The van der Waals surface area contributed by atoms with Crippen LogP contribution in [0.15, 0.2) is 36.5 Å². The van der Waals surface area contributed by atoms with Crippen LogP contribution in [0.4, 0.5) is 13.2 Å². The Kier molecular flexibility index (Phi) is 5.08. The molecule has 5 nitrogen and oxygen atoms in total. The number of hydrogen-bond acceptors (Lipinski definition) is 3. The zero-order valence-electron chi connectivity index (χ0n) is 13.5. The van der Waals surface area contributed by atoms with Crippen molar-refractivity contribution in [1.29, 1.82) is 0 Å². The zero-order chi connectivity index (χ0) is 17.9. The van der Waals surface area contributed by atoms with E-state index in [1.807, 2.05) is 0 Å². The number of carbonyl (C=O) groups is 1. The lowest BCUT2D eigenvalue weighted by atomic mass is 10.1. The fourth-order valence-electron chi connectivity index (χ4n) is 2.86. The summed E-state index contributed by atoms with van der Waals surface area (Å²) in [6, 6.07) is 7.29. The molecule has 1 unspecified atom stereocenters. The number of aromatic nitrogens is 2. The molecule has 1 aliphatic rings. The molecule has 0 bridgehead atoms. The van der Waals surface area contributed by atoms with Crippen molar-refractivity contribution in [2.24, 2.45) is 5.92 Å². The van der Waals surface area contributed by atoms with Crippen molar-refractivity contribution in [3.05, 3.63) is 47.8 Å². The van der Waals surface area contributed by atoms with Crippen molar-refractivity contribution >= 4 is 5.91 Å². The first kappa shape index (κ1) is 17.5. The van der Waals surface area contributed by atoms with Gasteiger partial charge in [0.1, 0.15) is 0 Å². The van der Waals surface area contributed by atoms with Gasteiger partial charge in [-0.3, -0.25) is 4.79 Å². The van der Waals surface area contributed by atoms with Crippen molar-refractivity contribution in [2.45, 2.75) is 19.0 Å². The van der Waals surface area contributed by atoms with Crippen LogP contribution >= 0.6 is 0 Å². The van der Waals surface area contributed by atoms with Gasteiger partial charge < -0.3 is 10.6 Å². The minimum atomic E-state index is -4.49. The molecule has 8 heteroatoms. The molecule has 1 aromatic heterocycles. The molecule has 3 rings (SSSR count). The van der Waals surface area contributed by atoms with Gasteiger partial charge in [-0.05, 0) is 56.1 Å². The molecule has 1 aromatic carbocycles. The number of alkyl halides is 3. The third-order valence-corrected chi connectivity index (χ3v) is 4.25. The summed E-state index contributed by atoms with van der Waals surface area (Å²) in [7, 11) is 0. The van der Waals surface area contributed by atoms with E-state index in [0.717, 1.165) is 36.7 Å². The molecule has 0 aliphatic carbocycles. The number of amides is 1. The minimum absolute atomic E-state index is 0.240. The smallest absolute Gasteiger partial charge is 0.352 e. The van der Waals surface area contributed by atoms with Gasteiger partial charge in [-0.15, -0.1) is 0 Å². The number of nitrogens with zero attached hydrogens (tertiary/aromatic N) is 2. The van der Waals surface area contributed by atoms with Crippen LogP contribution in [0.2, 0.25) is 0 Å². The lowest BCUT2D eigenvalue weighted by Crippen LogP contribution is -2.26. The Hall–Kier alpha value is -2.35. The Morgan fingerprint density at radius 1 is 1.36 bits per heavy atom. The lowest BCUT2D eigenvalue weighted by molar-refractivity contribution is -0.141. The highest BCUT2D eigenvalue weighted by Gasteiger charge is 2.33. The molecular weight excluding hydrogens is 333 g/mol. The summed E-state index contributed by atoms with van der Waals surface area (Å²) >= 11 is 0. The topological polar surface area (TPSA) is 59.0 Å². The first-order valence-corrected chi connectivity index (χ1v) is 8.16. The highest BCUT2D eigenvalue weighted by atomic mass is 19.4. The number of nitrogens with one attached hydrogen (secondary N) is 2. The first-order chi connectivity index (χ1) is 11.9. The van der Waals surface area contributed by atoms with Crippen LogP contribution in [0.3, 0.4) is 0 Å². The van der Waals surface area contributed by atoms with Gasteiger partial charge in [0.15, 0.2) is 5.69 Å². The van der Waals surface area contributed by atoms with Gasteiger partial charge >= 0.3 is 6.18 Å². The molecule has 2 N–H and O–H groups in total. The fourth-order valence-corrected chi connectivity index (χ4v) is 2.86. The standard InChI is InChI=1S/C17H19F3N4O/c18-17(19,20)15-6-9-24(23-15)14-3-1-2-13(10-14)16(25)22-8-5-12-4-7-21-11-12/h1-3,6,9-10,12,21H,4-5,7-8,11H2,(H,22,25). The van der Waals surface area contributed by atoms with E-state index in [9.17, 15) is 18.0 Å². The van der Waals surface area contributed by atoms with Crippen LogP contribution in [0, 0.1) is 5.92 Å². The molecule has 1 aliphatic heterocycles. The minimum Gasteiger partial charge on any atom is -0.352 e. The maximum atomic E-state index is 12.6. The second-order valence-corrected chi connectivity index (χ2v) is 6.10. The molecule has 25 heavy (non-hydrogen) atoms. The summed E-state index contributed by atoms with van der Waals surface area (Å²) in [5.74, 6) is 0.340. The molecule has 0 radical (unpaired) electrons. The number of carbonyl (C=O) groups excluding carboxylic acids is 1. The van der Waals surface area contributed by atoms with Crippen LogP contribution in [0.5, 0.6) is 0 Å². The Labute approximate surface area is 143 Å². The van der Waals surface area contributed by atoms with Crippen LogP contribution in [-0.4, -0.2) is 35.3 Å². The van der Waals surface area contributed by atoms with Crippen molar-refractivity contribution in [3.8, 4) is 5.69 Å². The molecule has 1 saturated heterocycles. The number of halogens is 3. The molecule has 0 saturated carbocycles. The normalized spacial score (nSPS) is 17.6. The van der Waals surface area contributed by atoms with Gasteiger partial charge in [-0.2, -0.15) is 18.3 Å². The average Bonchev–Trinajstić information content (AvgIpc) is 3.26. The third-order valence-electron chi connectivity index (χ3n) is 4.25. The SMILES string of the molecule is O=C(NCCC1CCNC1)c1cccc(-n2ccc(C(F)(F)F)n2)c1. The summed E-state index contributed by atoms with van der Waals surface area (Å²) in [6.07, 6.45) is -1.24. The number of rotatable bonds is 5. The molecule has 1 fully saturated rings. The fraction of sp³-hybridized carbons (Fsp3) is 0.412. The Morgan fingerprint density at radius 2 is 2.20 bits per heavy atom. The second-order valence-electron chi connectivity index (χ2n) is 6.10. The van der Waals surface area contributed by atoms with Crippen LogP contribution in [0.1, 0.15) is 28.9 Å². The third kappa shape index (κ3) is 4.39. The van der Waals surface area contributed by atoms with E-state index in [1.54, 1.807) is 18.2 Å². The molecule has 1 atom stereocenters. The molecule has 134 valence electrons. The number of hydrogen-bond donors (Lipinski definition) is 2. The van der Waals surface area contributed by atoms with Crippen LogP contribution < -0.4 is 10.6 Å². The summed E-state index contributed by atoms with van der Waals surface area (Å²) in [4.78, 5) is 12.2. The molecule has 0 spiro atoms. The van der Waals surface area contributed by atoms with Crippen LogP contribution in [0.25, 0.3) is 5.69 Å². The van der Waals surface area contributed by atoms with E-state index in [4.69, 9.17) is 0 Å². The second kappa shape index (κ2) is 7.26. The highest BCUT2D eigenvalue weighted by molar-refractivity contribution is 5.94. The summed E-state index contributed by atoms with van der Waals surface area (Å²) < 4.78 is 39.1.